The maximum Gasteiger partial charge on any atom is 0.321 e. The smallest absolute Gasteiger partial charge is 0.321 e. The first-order chi connectivity index (χ1) is 9.78. The number of anilines is 1. The summed E-state index contributed by atoms with van der Waals surface area (Å²) in [5, 5.41) is 7.92. The van der Waals surface area contributed by atoms with E-state index in [2.05, 4.69) is 25.3 Å². The molecule has 0 unspecified atom stereocenters. The quantitative estimate of drug-likeness (QED) is 0.746. The average molecular weight is 269 g/mol. The topological polar surface area (TPSA) is 105 Å². The summed E-state index contributed by atoms with van der Waals surface area (Å²) in [5.41, 5.74) is 7.08. The van der Waals surface area contributed by atoms with Crippen LogP contribution in [0.4, 0.5) is 5.95 Å². The molecule has 20 heavy (non-hydrogen) atoms. The lowest BCUT2D eigenvalue weighted by molar-refractivity contribution is 0.379. The van der Waals surface area contributed by atoms with Crippen LogP contribution in [0.3, 0.4) is 0 Å². The Labute approximate surface area is 114 Å². The van der Waals surface area contributed by atoms with Crippen molar-refractivity contribution in [1.82, 2.24) is 29.9 Å². The summed E-state index contributed by atoms with van der Waals surface area (Å²) in [6.07, 6.45) is 1.56. The van der Waals surface area contributed by atoms with Gasteiger partial charge in [-0.25, -0.2) is 4.68 Å². The second-order valence-electron chi connectivity index (χ2n) is 3.87. The van der Waals surface area contributed by atoms with Gasteiger partial charge < -0.3 is 10.5 Å². The highest BCUT2D eigenvalue weighted by atomic mass is 16.5. The van der Waals surface area contributed by atoms with Gasteiger partial charge in [0.2, 0.25) is 5.95 Å². The first-order valence-electron chi connectivity index (χ1n) is 5.80. The van der Waals surface area contributed by atoms with Crippen molar-refractivity contribution in [3.63, 3.8) is 0 Å². The highest BCUT2D eigenvalue weighted by Gasteiger charge is 2.14. The monoisotopic (exact) mass is 269 g/mol. The summed E-state index contributed by atoms with van der Waals surface area (Å²) >= 11 is 0. The minimum atomic E-state index is 0.0765. The van der Waals surface area contributed by atoms with Gasteiger partial charge in [-0.2, -0.15) is 15.0 Å². The lowest BCUT2D eigenvalue weighted by atomic mass is 10.3. The zero-order valence-corrected chi connectivity index (χ0v) is 10.6. The second-order valence-corrected chi connectivity index (χ2v) is 3.87. The lowest BCUT2D eigenvalue weighted by Crippen LogP contribution is -2.06. The van der Waals surface area contributed by atoms with E-state index in [1.165, 1.54) is 7.11 Å². The Morgan fingerprint density at radius 3 is 2.65 bits per heavy atom. The molecule has 0 aliphatic heterocycles. The molecule has 0 spiro atoms. The fourth-order valence-electron chi connectivity index (χ4n) is 1.73. The van der Waals surface area contributed by atoms with Crippen LogP contribution >= 0.6 is 0 Å². The molecule has 2 heterocycles. The molecule has 0 saturated heterocycles. The van der Waals surface area contributed by atoms with E-state index in [-0.39, 0.29) is 12.0 Å². The Bertz CT molecular complexity index is 726. The van der Waals surface area contributed by atoms with Crippen LogP contribution in [0.1, 0.15) is 0 Å². The third kappa shape index (κ3) is 2.14. The summed E-state index contributed by atoms with van der Waals surface area (Å²) in [7, 11) is 1.46. The van der Waals surface area contributed by atoms with Crippen molar-refractivity contribution in [3.05, 3.63) is 36.5 Å². The number of nitrogens with zero attached hydrogens (tertiary/aromatic N) is 6. The molecule has 3 rings (SSSR count). The van der Waals surface area contributed by atoms with Crippen LogP contribution in [0.25, 0.3) is 17.2 Å². The van der Waals surface area contributed by atoms with Gasteiger partial charge in [0.1, 0.15) is 5.69 Å². The zero-order valence-electron chi connectivity index (χ0n) is 10.6. The van der Waals surface area contributed by atoms with Crippen LogP contribution in [0, 0.1) is 0 Å². The number of hydrogen-bond donors (Lipinski definition) is 1. The maximum atomic E-state index is 5.64. The lowest BCUT2D eigenvalue weighted by Gasteiger charge is -2.06. The molecule has 8 nitrogen and oxygen atoms in total. The van der Waals surface area contributed by atoms with Gasteiger partial charge in [0.25, 0.3) is 0 Å². The number of methoxy groups -OCH3 is 1. The molecule has 0 saturated carbocycles. The fraction of sp³-hybridized carbons (Fsp3) is 0.0833. The van der Waals surface area contributed by atoms with E-state index >= 15 is 0 Å². The largest absolute Gasteiger partial charge is 0.467 e. The highest BCUT2D eigenvalue weighted by Crippen LogP contribution is 2.19. The second kappa shape index (κ2) is 4.92. The van der Waals surface area contributed by atoms with Crippen LogP contribution in [-0.2, 0) is 0 Å². The van der Waals surface area contributed by atoms with Gasteiger partial charge in [-0.1, -0.05) is 23.4 Å². The van der Waals surface area contributed by atoms with Crippen molar-refractivity contribution in [1.29, 1.82) is 0 Å². The minimum Gasteiger partial charge on any atom is -0.467 e. The van der Waals surface area contributed by atoms with E-state index in [9.17, 15) is 0 Å². The van der Waals surface area contributed by atoms with Gasteiger partial charge in [0.05, 0.1) is 19.0 Å². The van der Waals surface area contributed by atoms with Crippen molar-refractivity contribution < 1.29 is 4.74 Å². The SMILES string of the molecule is COc1nc(N)nc(-c2cnnn2-c2ccccc2)n1. The molecule has 0 bridgehead atoms. The molecule has 0 aliphatic rings. The van der Waals surface area contributed by atoms with E-state index in [4.69, 9.17) is 10.5 Å². The van der Waals surface area contributed by atoms with Crippen LogP contribution in [0.15, 0.2) is 36.5 Å². The number of nitrogens with two attached hydrogens (primary N) is 1. The normalized spacial score (nSPS) is 10.4. The van der Waals surface area contributed by atoms with Gasteiger partial charge in [-0.05, 0) is 12.1 Å². The van der Waals surface area contributed by atoms with E-state index in [1.54, 1.807) is 10.9 Å². The average Bonchev–Trinajstić information content (AvgIpc) is 2.97. The highest BCUT2D eigenvalue weighted by molar-refractivity contribution is 5.53. The molecule has 3 aromatic rings. The van der Waals surface area contributed by atoms with Crippen LogP contribution in [0.2, 0.25) is 0 Å². The van der Waals surface area contributed by atoms with Crippen LogP contribution in [-0.4, -0.2) is 37.1 Å². The van der Waals surface area contributed by atoms with Crippen LogP contribution < -0.4 is 10.5 Å². The molecule has 0 fully saturated rings. The van der Waals surface area contributed by atoms with Crippen LogP contribution in [0.5, 0.6) is 6.01 Å². The zero-order chi connectivity index (χ0) is 13.9. The fourth-order valence-corrected chi connectivity index (χ4v) is 1.73. The Morgan fingerprint density at radius 2 is 1.90 bits per heavy atom. The number of nitrogen functional groups attached to an aromatic ring is 1. The molecule has 1 aromatic carbocycles. The molecule has 2 aromatic heterocycles. The molecule has 100 valence electrons. The van der Waals surface area contributed by atoms with E-state index < -0.39 is 0 Å². The maximum absolute atomic E-state index is 5.64. The third-order valence-corrected chi connectivity index (χ3v) is 2.59. The first-order valence-corrected chi connectivity index (χ1v) is 5.80. The van der Waals surface area contributed by atoms with Crippen molar-refractivity contribution >= 4 is 5.95 Å². The first kappa shape index (κ1) is 12.0. The molecule has 0 amide bonds. The van der Waals surface area contributed by atoms with Gasteiger partial charge >= 0.3 is 6.01 Å². The Balaban J connectivity index is 2.13. The number of ether oxygens (including phenoxy) is 1. The van der Waals surface area contributed by atoms with Crippen molar-refractivity contribution in [2.24, 2.45) is 0 Å². The van der Waals surface area contributed by atoms with E-state index in [0.29, 0.717) is 11.5 Å². The van der Waals surface area contributed by atoms with E-state index in [0.717, 1.165) is 5.69 Å². The number of hydrogen-bond acceptors (Lipinski definition) is 7. The molecule has 0 aliphatic carbocycles. The molecule has 2 N–H and O–H groups in total. The molecule has 8 heteroatoms. The Kier molecular flexibility index (Phi) is 2.96. The Morgan fingerprint density at radius 1 is 1.10 bits per heavy atom. The Hall–Kier alpha value is -3.03. The molecule has 0 radical (unpaired) electrons. The van der Waals surface area contributed by atoms with Gasteiger partial charge in [0.15, 0.2) is 5.82 Å². The summed E-state index contributed by atoms with van der Waals surface area (Å²) in [5.74, 6) is 0.427. The van der Waals surface area contributed by atoms with Gasteiger partial charge in [-0.3, -0.25) is 0 Å². The van der Waals surface area contributed by atoms with Gasteiger partial charge in [0, 0.05) is 0 Å². The summed E-state index contributed by atoms with van der Waals surface area (Å²) in [4.78, 5) is 12.1. The summed E-state index contributed by atoms with van der Waals surface area (Å²) in [6.45, 7) is 0. The third-order valence-electron chi connectivity index (χ3n) is 2.59. The molecule has 0 atom stereocenters. The van der Waals surface area contributed by atoms with Gasteiger partial charge in [-0.15, -0.1) is 5.10 Å². The summed E-state index contributed by atoms with van der Waals surface area (Å²) < 4.78 is 6.61. The number of benzene rings is 1. The predicted molar refractivity (Wildman–Crippen MR) is 71.1 cm³/mol. The number of para-hydroxylation sites is 1. The van der Waals surface area contributed by atoms with Crippen molar-refractivity contribution in [2.45, 2.75) is 0 Å². The number of rotatable bonds is 3. The number of aromatic nitrogens is 6. The predicted octanol–water partition coefficient (Wildman–Crippen LogP) is 0.710. The molecular weight excluding hydrogens is 258 g/mol. The minimum absolute atomic E-state index is 0.0765. The van der Waals surface area contributed by atoms with Crippen molar-refractivity contribution in [3.8, 4) is 23.2 Å². The molecular formula is C12H11N7O. The van der Waals surface area contributed by atoms with E-state index in [1.807, 2.05) is 30.3 Å². The van der Waals surface area contributed by atoms with Crippen molar-refractivity contribution in [2.75, 3.05) is 12.8 Å². The summed E-state index contributed by atoms with van der Waals surface area (Å²) in [6, 6.07) is 9.68. The standard InChI is InChI=1S/C12H11N7O/c1-20-12-16-10(15-11(13)17-12)9-7-14-18-19(9)8-5-3-2-4-6-8/h2-7H,1H3,(H2,13,15,16,17).